The van der Waals surface area contributed by atoms with Gasteiger partial charge in [-0.1, -0.05) is 42.5 Å². The van der Waals surface area contributed by atoms with Gasteiger partial charge in [0.1, 0.15) is 11.6 Å². The minimum Gasteiger partial charge on any atom is -0.398 e. The Morgan fingerprint density at radius 1 is 0.688 bits per heavy atom. The van der Waals surface area contributed by atoms with Crippen molar-refractivity contribution < 1.29 is 4.39 Å². The second-order valence-corrected chi connectivity index (χ2v) is 7.33. The molecule has 7 heteroatoms. The smallest absolute Gasteiger partial charge is 0.222 e. The number of hydrogen-bond acceptors (Lipinski definition) is 6. The second-order valence-electron chi connectivity index (χ2n) is 7.33. The number of nitrogens with two attached hydrogens (primary N) is 2. The van der Waals surface area contributed by atoms with Crippen LogP contribution in [0, 0.1) is 5.82 Å². The Hall–Kier alpha value is -4.52. The first-order valence-corrected chi connectivity index (χ1v) is 9.98. The third kappa shape index (κ3) is 3.91. The molecule has 0 saturated heterocycles. The van der Waals surface area contributed by atoms with Crippen LogP contribution in [-0.4, -0.2) is 15.0 Å². The minimum absolute atomic E-state index is 0.0868. The topological polar surface area (TPSA) is 103 Å². The summed E-state index contributed by atoms with van der Waals surface area (Å²) in [7, 11) is 0. The molecule has 0 aliphatic heterocycles. The number of rotatable bonds is 4. The van der Waals surface area contributed by atoms with Gasteiger partial charge in [0.05, 0.1) is 16.9 Å². The Bertz CT molecular complexity index is 1440. The SMILES string of the molecule is Nc1nc(Nc2ccc3nc(-c4ccccc4)cc(N)c3c2)cc(-c2cccc(F)c2)n1. The van der Waals surface area contributed by atoms with Gasteiger partial charge in [-0.15, -0.1) is 0 Å². The third-order valence-corrected chi connectivity index (χ3v) is 5.05. The molecule has 32 heavy (non-hydrogen) atoms. The van der Waals surface area contributed by atoms with Crippen molar-refractivity contribution in [2.75, 3.05) is 16.8 Å². The van der Waals surface area contributed by atoms with Crippen LogP contribution in [0.15, 0.2) is 84.9 Å². The summed E-state index contributed by atoms with van der Waals surface area (Å²) in [5.41, 5.74) is 17.4. The highest BCUT2D eigenvalue weighted by Gasteiger charge is 2.09. The fourth-order valence-electron chi connectivity index (χ4n) is 3.56. The number of aromatic nitrogens is 3. The molecule has 3 aromatic carbocycles. The van der Waals surface area contributed by atoms with E-state index in [1.54, 1.807) is 18.2 Å². The summed E-state index contributed by atoms with van der Waals surface area (Å²) in [5, 5.41) is 4.05. The average Bonchev–Trinajstić information content (AvgIpc) is 2.79. The van der Waals surface area contributed by atoms with Crippen LogP contribution in [-0.2, 0) is 0 Å². The van der Waals surface area contributed by atoms with E-state index >= 15 is 0 Å². The number of nitrogens with one attached hydrogen (secondary N) is 1. The van der Waals surface area contributed by atoms with Crippen molar-refractivity contribution in [3.63, 3.8) is 0 Å². The van der Waals surface area contributed by atoms with Gasteiger partial charge < -0.3 is 16.8 Å². The second kappa shape index (κ2) is 7.96. The molecule has 2 aromatic heterocycles. The zero-order chi connectivity index (χ0) is 22.1. The number of pyridine rings is 1. The first kappa shape index (κ1) is 19.4. The fourth-order valence-corrected chi connectivity index (χ4v) is 3.56. The zero-order valence-electron chi connectivity index (χ0n) is 17.0. The summed E-state index contributed by atoms with van der Waals surface area (Å²) >= 11 is 0. The van der Waals surface area contributed by atoms with E-state index in [2.05, 4.69) is 15.3 Å². The van der Waals surface area contributed by atoms with E-state index in [9.17, 15) is 4.39 Å². The van der Waals surface area contributed by atoms with Gasteiger partial charge in [0.15, 0.2) is 0 Å². The van der Waals surface area contributed by atoms with E-state index in [0.29, 0.717) is 22.8 Å². The predicted octanol–water partition coefficient (Wildman–Crippen LogP) is 5.41. The van der Waals surface area contributed by atoms with Gasteiger partial charge in [-0.3, -0.25) is 0 Å². The maximum atomic E-state index is 13.6. The van der Waals surface area contributed by atoms with Gasteiger partial charge in [-0.05, 0) is 36.4 Å². The molecule has 5 aromatic rings. The standard InChI is InChI=1S/C25H19FN6/c26-17-8-4-7-16(11-17)23-14-24(32-25(28)31-23)29-18-9-10-21-19(12-18)20(27)13-22(30-21)15-5-2-1-3-6-15/h1-14H,(H2,27,30)(H3,28,29,31,32). The van der Waals surface area contributed by atoms with E-state index in [1.807, 2.05) is 54.6 Å². The quantitative estimate of drug-likeness (QED) is 0.358. The first-order valence-electron chi connectivity index (χ1n) is 9.98. The summed E-state index contributed by atoms with van der Waals surface area (Å²) in [5.74, 6) is 0.230. The molecule has 5 rings (SSSR count). The van der Waals surface area contributed by atoms with Crippen molar-refractivity contribution >= 4 is 34.0 Å². The maximum absolute atomic E-state index is 13.6. The number of fused-ring (bicyclic) bond motifs is 1. The van der Waals surface area contributed by atoms with Crippen molar-refractivity contribution in [1.82, 2.24) is 15.0 Å². The van der Waals surface area contributed by atoms with E-state index in [-0.39, 0.29) is 11.8 Å². The van der Waals surface area contributed by atoms with Crippen LogP contribution in [0.3, 0.4) is 0 Å². The van der Waals surface area contributed by atoms with Crippen molar-refractivity contribution in [3.05, 3.63) is 90.7 Å². The lowest BCUT2D eigenvalue weighted by Gasteiger charge is -2.11. The Kier molecular flexibility index (Phi) is 4.84. The normalized spacial score (nSPS) is 10.9. The van der Waals surface area contributed by atoms with Crippen molar-refractivity contribution in [2.45, 2.75) is 0 Å². The molecule has 0 aliphatic carbocycles. The van der Waals surface area contributed by atoms with Gasteiger partial charge in [-0.2, -0.15) is 4.98 Å². The molecule has 5 N–H and O–H groups in total. The fraction of sp³-hybridized carbons (Fsp3) is 0. The van der Waals surface area contributed by atoms with Crippen LogP contribution in [0.4, 0.5) is 27.5 Å². The summed E-state index contributed by atoms with van der Waals surface area (Å²) in [6.07, 6.45) is 0. The van der Waals surface area contributed by atoms with Gasteiger partial charge >= 0.3 is 0 Å². The van der Waals surface area contributed by atoms with Crippen molar-refractivity contribution in [3.8, 4) is 22.5 Å². The molecule has 0 amide bonds. The molecule has 6 nitrogen and oxygen atoms in total. The Labute approximate surface area is 183 Å². The van der Waals surface area contributed by atoms with Crippen LogP contribution in [0.1, 0.15) is 0 Å². The highest BCUT2D eigenvalue weighted by atomic mass is 19.1. The lowest BCUT2D eigenvalue weighted by atomic mass is 10.1. The predicted molar refractivity (Wildman–Crippen MR) is 127 cm³/mol. The molecule has 0 fully saturated rings. The molecule has 0 unspecified atom stereocenters. The Morgan fingerprint density at radius 2 is 1.47 bits per heavy atom. The van der Waals surface area contributed by atoms with E-state index in [4.69, 9.17) is 16.5 Å². The molecular formula is C25H19FN6. The number of anilines is 4. The van der Waals surface area contributed by atoms with Gasteiger partial charge in [0.2, 0.25) is 5.95 Å². The largest absolute Gasteiger partial charge is 0.398 e. The summed E-state index contributed by atoms with van der Waals surface area (Å²) in [4.78, 5) is 13.2. The van der Waals surface area contributed by atoms with E-state index in [0.717, 1.165) is 27.8 Å². The molecule has 0 radical (unpaired) electrons. The van der Waals surface area contributed by atoms with Crippen LogP contribution in [0.5, 0.6) is 0 Å². The monoisotopic (exact) mass is 422 g/mol. The molecule has 0 atom stereocenters. The molecular weight excluding hydrogens is 403 g/mol. The minimum atomic E-state index is -0.346. The number of hydrogen-bond donors (Lipinski definition) is 3. The van der Waals surface area contributed by atoms with Gasteiger partial charge in [0, 0.05) is 34.0 Å². The number of halogens is 1. The highest BCUT2D eigenvalue weighted by molar-refractivity contribution is 5.95. The molecule has 0 saturated carbocycles. The van der Waals surface area contributed by atoms with Crippen molar-refractivity contribution in [1.29, 1.82) is 0 Å². The summed E-state index contributed by atoms with van der Waals surface area (Å²) < 4.78 is 13.6. The average molecular weight is 422 g/mol. The van der Waals surface area contributed by atoms with Crippen LogP contribution in [0.25, 0.3) is 33.4 Å². The Balaban J connectivity index is 1.49. The zero-order valence-corrected chi connectivity index (χ0v) is 17.0. The lowest BCUT2D eigenvalue weighted by molar-refractivity contribution is 0.628. The lowest BCUT2D eigenvalue weighted by Crippen LogP contribution is -2.02. The van der Waals surface area contributed by atoms with Crippen LogP contribution < -0.4 is 16.8 Å². The summed E-state index contributed by atoms with van der Waals surface area (Å²) in [6, 6.07) is 25.4. The number of nitrogen functional groups attached to an aromatic ring is 2. The maximum Gasteiger partial charge on any atom is 0.222 e. The number of benzene rings is 3. The third-order valence-electron chi connectivity index (χ3n) is 5.05. The molecule has 156 valence electrons. The van der Waals surface area contributed by atoms with Gasteiger partial charge in [-0.25, -0.2) is 14.4 Å². The molecule has 0 aliphatic rings. The van der Waals surface area contributed by atoms with E-state index < -0.39 is 0 Å². The van der Waals surface area contributed by atoms with E-state index in [1.165, 1.54) is 12.1 Å². The molecule has 0 spiro atoms. The van der Waals surface area contributed by atoms with Crippen LogP contribution in [0.2, 0.25) is 0 Å². The number of nitrogens with zero attached hydrogens (tertiary/aromatic N) is 3. The van der Waals surface area contributed by atoms with Crippen LogP contribution >= 0.6 is 0 Å². The van der Waals surface area contributed by atoms with Gasteiger partial charge in [0.25, 0.3) is 0 Å². The Morgan fingerprint density at radius 3 is 2.28 bits per heavy atom. The first-order chi connectivity index (χ1) is 15.5. The molecule has 2 heterocycles. The van der Waals surface area contributed by atoms with Crippen molar-refractivity contribution in [2.24, 2.45) is 0 Å². The summed E-state index contributed by atoms with van der Waals surface area (Å²) in [6.45, 7) is 0. The highest BCUT2D eigenvalue weighted by Crippen LogP contribution is 2.30. The molecule has 0 bridgehead atoms.